The number of carbonyl (C=O) groups excluding carboxylic acids is 2. The van der Waals surface area contributed by atoms with Gasteiger partial charge in [-0.1, -0.05) is 0 Å². The summed E-state index contributed by atoms with van der Waals surface area (Å²) < 4.78 is 9.78. The first-order valence-corrected chi connectivity index (χ1v) is 6.18. The van der Waals surface area contributed by atoms with Gasteiger partial charge in [-0.3, -0.25) is 4.79 Å². The van der Waals surface area contributed by atoms with Crippen LogP contribution < -0.4 is 4.74 Å². The fraction of sp³-hybridized carbons (Fsp3) is 0.333. The highest BCUT2D eigenvalue weighted by molar-refractivity contribution is 6.39. The van der Waals surface area contributed by atoms with Crippen LogP contribution in [0.5, 0.6) is 5.75 Å². The Labute approximate surface area is 117 Å². The molecule has 5 heteroatoms. The first kappa shape index (κ1) is 15.8. The van der Waals surface area contributed by atoms with Crippen molar-refractivity contribution in [1.82, 2.24) is 0 Å². The van der Waals surface area contributed by atoms with Gasteiger partial charge < -0.3 is 14.6 Å². The molecule has 5 nitrogen and oxygen atoms in total. The van der Waals surface area contributed by atoms with Gasteiger partial charge in [0.05, 0.1) is 13.7 Å². The maximum absolute atomic E-state index is 11.4. The van der Waals surface area contributed by atoms with Crippen molar-refractivity contribution in [3.8, 4) is 5.75 Å². The number of carbonyl (C=O) groups is 2. The third-order valence-electron chi connectivity index (χ3n) is 2.70. The fourth-order valence-corrected chi connectivity index (χ4v) is 1.84. The van der Waals surface area contributed by atoms with Crippen molar-refractivity contribution in [1.29, 1.82) is 0 Å². The zero-order chi connectivity index (χ0) is 15.3. The second kappa shape index (κ2) is 6.75. The molecule has 0 unspecified atom stereocenters. The van der Waals surface area contributed by atoms with Crippen LogP contribution in [0.3, 0.4) is 0 Å². The highest BCUT2D eigenvalue weighted by Crippen LogP contribution is 2.27. The molecule has 0 aromatic heterocycles. The van der Waals surface area contributed by atoms with Crippen molar-refractivity contribution in [2.24, 2.45) is 0 Å². The molecule has 0 aliphatic rings. The van der Waals surface area contributed by atoms with E-state index < -0.39 is 11.8 Å². The second-order valence-corrected chi connectivity index (χ2v) is 4.26. The van der Waals surface area contributed by atoms with Crippen molar-refractivity contribution >= 4 is 17.5 Å². The van der Waals surface area contributed by atoms with Gasteiger partial charge in [0.25, 0.3) is 5.78 Å². The largest absolute Gasteiger partial charge is 0.507 e. The number of benzene rings is 1. The first-order chi connectivity index (χ1) is 9.40. The summed E-state index contributed by atoms with van der Waals surface area (Å²) in [7, 11) is 1.11. The normalized spacial score (nSPS) is 11.1. The number of aliphatic hydroxyl groups excluding tert-OH is 1. The lowest BCUT2D eigenvalue weighted by Gasteiger charge is -2.12. The van der Waals surface area contributed by atoms with E-state index in [-0.39, 0.29) is 5.76 Å². The average Bonchev–Trinajstić information content (AvgIpc) is 2.41. The quantitative estimate of drug-likeness (QED) is 0.387. The molecule has 0 atom stereocenters. The van der Waals surface area contributed by atoms with Gasteiger partial charge in [-0.2, -0.15) is 0 Å². The monoisotopic (exact) mass is 278 g/mol. The summed E-state index contributed by atoms with van der Waals surface area (Å²) in [6.07, 6.45) is 0.848. The summed E-state index contributed by atoms with van der Waals surface area (Å²) in [5.41, 5.74) is 2.13. The Morgan fingerprint density at radius 1 is 1.25 bits per heavy atom. The molecule has 1 aromatic rings. The van der Waals surface area contributed by atoms with Crippen LogP contribution in [-0.4, -0.2) is 30.6 Å². The molecule has 20 heavy (non-hydrogen) atoms. The lowest BCUT2D eigenvalue weighted by Crippen LogP contribution is -2.13. The van der Waals surface area contributed by atoms with E-state index in [1.54, 1.807) is 12.1 Å². The van der Waals surface area contributed by atoms with Crippen LogP contribution >= 0.6 is 0 Å². The van der Waals surface area contributed by atoms with Crippen molar-refractivity contribution < 1.29 is 24.2 Å². The number of hydrogen-bond acceptors (Lipinski definition) is 5. The standard InChI is InChI=1S/C15H18O5/c1-5-20-14-9(2)6-11(7-10(14)3)12(16)8-13(17)15(18)19-4/h6-8,16H,5H2,1-4H3. The predicted octanol–water partition coefficient (Wildman–Crippen LogP) is 2.34. The number of hydrogen-bond donors (Lipinski definition) is 1. The second-order valence-electron chi connectivity index (χ2n) is 4.26. The molecule has 0 bridgehead atoms. The van der Waals surface area contributed by atoms with E-state index in [0.717, 1.165) is 30.1 Å². The highest BCUT2D eigenvalue weighted by Gasteiger charge is 2.14. The summed E-state index contributed by atoms with van der Waals surface area (Å²) in [4.78, 5) is 22.4. The molecular formula is C15H18O5. The Morgan fingerprint density at radius 3 is 2.25 bits per heavy atom. The van der Waals surface area contributed by atoms with Crippen molar-refractivity contribution in [2.75, 3.05) is 13.7 Å². The molecule has 108 valence electrons. The topological polar surface area (TPSA) is 72.8 Å². The molecule has 0 aliphatic heterocycles. The molecule has 0 aliphatic carbocycles. The van der Waals surface area contributed by atoms with Gasteiger partial charge in [-0.25, -0.2) is 4.79 Å². The van der Waals surface area contributed by atoms with Gasteiger partial charge in [0.1, 0.15) is 11.5 Å². The smallest absolute Gasteiger partial charge is 0.378 e. The Balaban J connectivity index is 3.12. The van der Waals surface area contributed by atoms with Gasteiger partial charge in [0.15, 0.2) is 0 Å². The van der Waals surface area contributed by atoms with E-state index in [2.05, 4.69) is 4.74 Å². The average molecular weight is 278 g/mol. The Hall–Kier alpha value is -2.30. The zero-order valence-corrected chi connectivity index (χ0v) is 12.0. The lowest BCUT2D eigenvalue weighted by atomic mass is 10.0. The van der Waals surface area contributed by atoms with Crippen molar-refractivity contribution in [3.05, 3.63) is 34.9 Å². The molecule has 0 saturated carbocycles. The summed E-state index contributed by atoms with van der Waals surface area (Å²) in [5.74, 6) is -1.46. The van der Waals surface area contributed by atoms with Crippen LogP contribution in [0.25, 0.3) is 5.76 Å². The van der Waals surface area contributed by atoms with Crippen molar-refractivity contribution in [3.63, 3.8) is 0 Å². The van der Waals surface area contributed by atoms with Gasteiger partial charge >= 0.3 is 5.97 Å². The molecule has 0 amide bonds. The Kier molecular flexibility index (Phi) is 5.32. The first-order valence-electron chi connectivity index (χ1n) is 6.18. The van der Waals surface area contributed by atoms with Gasteiger partial charge in [0, 0.05) is 11.6 Å². The maximum atomic E-state index is 11.4. The van der Waals surface area contributed by atoms with E-state index in [0.29, 0.717) is 12.2 Å². The minimum atomic E-state index is -1.02. The third kappa shape index (κ3) is 3.60. The number of aliphatic hydroxyl groups is 1. The third-order valence-corrected chi connectivity index (χ3v) is 2.70. The summed E-state index contributed by atoms with van der Waals surface area (Å²) in [6, 6.07) is 3.38. The molecule has 0 heterocycles. The van der Waals surface area contributed by atoms with Crippen LogP contribution in [0, 0.1) is 13.8 Å². The van der Waals surface area contributed by atoms with Crippen molar-refractivity contribution in [2.45, 2.75) is 20.8 Å². The predicted molar refractivity (Wildman–Crippen MR) is 74.7 cm³/mol. The van der Waals surface area contributed by atoms with Gasteiger partial charge in [0.2, 0.25) is 0 Å². The molecular weight excluding hydrogens is 260 g/mol. The van der Waals surface area contributed by atoms with Crippen LogP contribution in [0.1, 0.15) is 23.6 Å². The van der Waals surface area contributed by atoms with Gasteiger partial charge in [-0.05, 0) is 44.0 Å². The Morgan fingerprint density at radius 2 is 1.80 bits per heavy atom. The molecule has 0 saturated heterocycles. The number of aryl methyl sites for hydroxylation is 2. The minimum Gasteiger partial charge on any atom is -0.507 e. The number of rotatable bonds is 5. The van der Waals surface area contributed by atoms with Gasteiger partial charge in [-0.15, -0.1) is 0 Å². The summed E-state index contributed by atoms with van der Waals surface area (Å²) >= 11 is 0. The van der Waals surface area contributed by atoms with E-state index >= 15 is 0 Å². The van der Waals surface area contributed by atoms with E-state index in [1.165, 1.54) is 0 Å². The number of methoxy groups -OCH3 is 1. The zero-order valence-electron chi connectivity index (χ0n) is 12.0. The van der Waals surface area contributed by atoms with E-state index in [9.17, 15) is 14.7 Å². The van der Waals surface area contributed by atoms with Crippen LogP contribution in [0.2, 0.25) is 0 Å². The minimum absolute atomic E-state index is 0.283. The molecule has 0 fully saturated rings. The van der Waals surface area contributed by atoms with E-state index in [4.69, 9.17) is 4.74 Å². The summed E-state index contributed by atoms with van der Waals surface area (Å²) in [5, 5.41) is 9.90. The maximum Gasteiger partial charge on any atom is 0.378 e. The van der Waals surface area contributed by atoms with Crippen LogP contribution in [0.15, 0.2) is 18.2 Å². The van der Waals surface area contributed by atoms with Crippen LogP contribution in [0.4, 0.5) is 0 Å². The molecule has 1 N–H and O–H groups in total. The molecule has 1 rings (SSSR count). The highest BCUT2D eigenvalue weighted by atomic mass is 16.5. The number of ether oxygens (including phenoxy) is 2. The molecule has 1 aromatic carbocycles. The lowest BCUT2D eigenvalue weighted by molar-refractivity contribution is -0.149. The molecule has 0 spiro atoms. The van der Waals surface area contributed by atoms with E-state index in [1.807, 2.05) is 20.8 Å². The summed E-state index contributed by atoms with van der Waals surface area (Å²) in [6.45, 7) is 6.12. The number of esters is 1. The SMILES string of the molecule is CCOc1c(C)cc(C(O)=CC(=O)C(=O)OC)cc1C. The Bertz CT molecular complexity index is 534. The van der Waals surface area contributed by atoms with Crippen LogP contribution in [-0.2, 0) is 14.3 Å². The molecule has 0 radical (unpaired) electrons. The number of ketones is 1. The fourth-order valence-electron chi connectivity index (χ4n) is 1.84.